The van der Waals surface area contributed by atoms with Gasteiger partial charge in [0.25, 0.3) is 0 Å². The minimum absolute atomic E-state index is 0.200. The molecular formula is C26H37N3O3. The van der Waals surface area contributed by atoms with Crippen molar-refractivity contribution in [3.05, 3.63) is 78.8 Å². The number of fused-ring (bicyclic) bond motifs is 2. The Kier molecular flexibility index (Phi) is 9.60. The molecule has 1 saturated heterocycles. The molecule has 0 atom stereocenters. The SMILES string of the molecule is C=C/C=C(\C=C)COC(=O)N1CCC2(CC1)NC(=C/COC)/C(=C\C)n1cccc12.CC. The van der Waals surface area contributed by atoms with E-state index in [-0.39, 0.29) is 18.2 Å². The molecule has 32 heavy (non-hydrogen) atoms. The molecule has 1 spiro atoms. The molecule has 3 rings (SSSR count). The van der Waals surface area contributed by atoms with Gasteiger partial charge in [0, 0.05) is 32.1 Å². The highest BCUT2D eigenvalue weighted by Crippen LogP contribution is 2.40. The van der Waals surface area contributed by atoms with Crippen LogP contribution in [0.4, 0.5) is 4.79 Å². The second-order valence-corrected chi connectivity index (χ2v) is 7.44. The molecule has 0 unspecified atom stereocenters. The van der Waals surface area contributed by atoms with Crippen LogP contribution in [0.2, 0.25) is 0 Å². The molecule has 0 radical (unpaired) electrons. The van der Waals surface area contributed by atoms with E-state index < -0.39 is 0 Å². The number of methoxy groups -OCH3 is 1. The van der Waals surface area contributed by atoms with E-state index in [0.29, 0.717) is 19.7 Å². The Morgan fingerprint density at radius 3 is 2.59 bits per heavy atom. The maximum atomic E-state index is 12.5. The summed E-state index contributed by atoms with van der Waals surface area (Å²) in [7, 11) is 1.69. The van der Waals surface area contributed by atoms with Gasteiger partial charge in [0.05, 0.1) is 23.5 Å². The van der Waals surface area contributed by atoms with Crippen molar-refractivity contribution in [1.29, 1.82) is 0 Å². The highest BCUT2D eigenvalue weighted by atomic mass is 16.6. The van der Waals surface area contributed by atoms with Crippen LogP contribution in [0.25, 0.3) is 5.70 Å². The van der Waals surface area contributed by atoms with Crippen molar-refractivity contribution in [1.82, 2.24) is 14.8 Å². The number of hydrogen-bond acceptors (Lipinski definition) is 4. The van der Waals surface area contributed by atoms with Gasteiger partial charge >= 0.3 is 6.09 Å². The summed E-state index contributed by atoms with van der Waals surface area (Å²) in [5, 5.41) is 3.76. The zero-order valence-electron chi connectivity index (χ0n) is 19.9. The molecule has 174 valence electrons. The van der Waals surface area contributed by atoms with Gasteiger partial charge in [-0.2, -0.15) is 0 Å². The third-order valence-electron chi connectivity index (χ3n) is 5.71. The molecule has 0 saturated carbocycles. The first-order valence-electron chi connectivity index (χ1n) is 11.3. The average Bonchev–Trinajstić information content (AvgIpc) is 3.33. The summed E-state index contributed by atoms with van der Waals surface area (Å²) in [6.07, 6.45) is 12.7. The number of aromatic nitrogens is 1. The number of rotatable bonds is 6. The molecule has 1 aromatic rings. The van der Waals surface area contributed by atoms with Gasteiger partial charge in [-0.15, -0.1) is 0 Å². The van der Waals surface area contributed by atoms with Gasteiger partial charge < -0.3 is 24.3 Å². The van der Waals surface area contributed by atoms with E-state index in [4.69, 9.17) is 9.47 Å². The van der Waals surface area contributed by atoms with Crippen molar-refractivity contribution < 1.29 is 14.3 Å². The second kappa shape index (κ2) is 12.2. The van der Waals surface area contributed by atoms with Gasteiger partial charge in [-0.25, -0.2) is 4.79 Å². The first kappa shape index (κ1) is 25.3. The molecule has 1 amide bonds. The Morgan fingerprint density at radius 2 is 2.00 bits per heavy atom. The number of amides is 1. The van der Waals surface area contributed by atoms with Crippen molar-refractivity contribution >= 4 is 11.8 Å². The molecule has 0 aromatic carbocycles. The molecule has 1 N–H and O–H groups in total. The summed E-state index contributed by atoms with van der Waals surface area (Å²) >= 11 is 0. The van der Waals surface area contributed by atoms with Gasteiger partial charge in [-0.1, -0.05) is 51.3 Å². The number of allylic oxidation sites excluding steroid dienone is 4. The number of hydrogen-bond donors (Lipinski definition) is 1. The topological polar surface area (TPSA) is 55.7 Å². The lowest BCUT2D eigenvalue weighted by Crippen LogP contribution is -2.55. The molecule has 3 heterocycles. The molecule has 1 aromatic heterocycles. The minimum Gasteiger partial charge on any atom is -0.445 e. The predicted molar refractivity (Wildman–Crippen MR) is 131 cm³/mol. The zero-order valence-corrected chi connectivity index (χ0v) is 19.9. The largest absolute Gasteiger partial charge is 0.445 e. The molecule has 0 bridgehead atoms. The Hall–Kier alpha value is -2.99. The second-order valence-electron chi connectivity index (χ2n) is 7.44. The quantitative estimate of drug-likeness (QED) is 0.616. The van der Waals surface area contributed by atoms with Crippen molar-refractivity contribution in [3.8, 4) is 0 Å². The van der Waals surface area contributed by atoms with E-state index in [1.807, 2.05) is 20.8 Å². The minimum atomic E-state index is -0.294. The van der Waals surface area contributed by atoms with Crippen LogP contribution in [0.1, 0.15) is 39.3 Å². The molecular weight excluding hydrogens is 402 g/mol. The number of nitrogens with one attached hydrogen (secondary N) is 1. The Balaban J connectivity index is 0.00000176. The van der Waals surface area contributed by atoms with Gasteiger partial charge in [0.1, 0.15) is 6.61 Å². The molecule has 2 aliphatic heterocycles. The van der Waals surface area contributed by atoms with Gasteiger partial charge in [-0.05, 0) is 43.5 Å². The van der Waals surface area contributed by atoms with Crippen LogP contribution in [0.15, 0.2) is 73.1 Å². The van der Waals surface area contributed by atoms with Crippen LogP contribution in [0, 0.1) is 0 Å². The number of piperidine rings is 1. The Morgan fingerprint density at radius 1 is 1.28 bits per heavy atom. The summed E-state index contributed by atoms with van der Waals surface area (Å²) in [5.74, 6) is 0. The first-order chi connectivity index (χ1) is 15.6. The van der Waals surface area contributed by atoms with Crippen LogP contribution in [-0.4, -0.2) is 49.0 Å². The fourth-order valence-corrected chi connectivity index (χ4v) is 4.13. The highest BCUT2D eigenvalue weighted by Gasteiger charge is 2.43. The summed E-state index contributed by atoms with van der Waals surface area (Å²) < 4.78 is 13.0. The van der Waals surface area contributed by atoms with Crippen molar-refractivity contribution in [2.24, 2.45) is 0 Å². The standard InChI is InChI=1S/C24H31N3O3.C2H6/c1-5-9-19(6-2)18-30-23(28)26-15-12-24(13-16-26)22-10-8-14-27(22)21(7-3)20(25-24)11-17-29-4;1-2/h5-11,14,25H,1-2,12-13,15-18H2,3-4H3;1-2H3/b19-9+,20-11+,21-7+;. The third kappa shape index (κ3) is 5.43. The smallest absolute Gasteiger partial charge is 0.410 e. The molecule has 0 aliphatic carbocycles. The molecule has 2 aliphatic rings. The summed E-state index contributed by atoms with van der Waals surface area (Å²) in [5.41, 5.74) is 4.00. The van der Waals surface area contributed by atoms with Crippen LogP contribution >= 0.6 is 0 Å². The Bertz CT molecular complexity index is 884. The maximum absolute atomic E-state index is 12.5. The van der Waals surface area contributed by atoms with E-state index in [9.17, 15) is 4.79 Å². The van der Waals surface area contributed by atoms with Gasteiger partial charge in [0.15, 0.2) is 0 Å². The molecule has 1 fully saturated rings. The van der Waals surface area contributed by atoms with Crippen LogP contribution in [-0.2, 0) is 15.0 Å². The number of carbonyl (C=O) groups excluding carboxylic acids is 1. The maximum Gasteiger partial charge on any atom is 0.410 e. The normalized spacial score (nSPS) is 19.6. The van der Waals surface area contributed by atoms with E-state index in [0.717, 1.165) is 29.8 Å². The highest BCUT2D eigenvalue weighted by molar-refractivity contribution is 5.69. The lowest BCUT2D eigenvalue weighted by atomic mass is 9.82. The number of nitrogens with zero attached hydrogens (tertiary/aromatic N) is 2. The van der Waals surface area contributed by atoms with E-state index in [2.05, 4.69) is 53.5 Å². The fraction of sp³-hybridized carbons (Fsp3) is 0.423. The number of carbonyl (C=O) groups is 1. The summed E-state index contributed by atoms with van der Waals surface area (Å²) in [4.78, 5) is 14.3. The van der Waals surface area contributed by atoms with E-state index in [1.54, 1.807) is 30.2 Å². The number of ether oxygens (including phenoxy) is 2. The first-order valence-corrected chi connectivity index (χ1v) is 11.3. The monoisotopic (exact) mass is 439 g/mol. The lowest BCUT2D eigenvalue weighted by molar-refractivity contribution is 0.0827. The number of likely N-dealkylation sites (tertiary alicyclic amines) is 1. The van der Waals surface area contributed by atoms with Crippen LogP contribution in [0.3, 0.4) is 0 Å². The summed E-state index contributed by atoms with van der Waals surface area (Å²) in [6.45, 7) is 15.4. The van der Waals surface area contributed by atoms with Crippen molar-refractivity contribution in [2.45, 2.75) is 39.2 Å². The van der Waals surface area contributed by atoms with Crippen LogP contribution in [0.5, 0.6) is 0 Å². The van der Waals surface area contributed by atoms with Gasteiger partial charge in [-0.3, -0.25) is 0 Å². The molecule has 6 heteroatoms. The van der Waals surface area contributed by atoms with E-state index in [1.165, 1.54) is 5.69 Å². The lowest BCUT2D eigenvalue weighted by Gasteiger charge is -2.47. The third-order valence-corrected chi connectivity index (χ3v) is 5.71. The zero-order chi connectivity index (χ0) is 23.6. The van der Waals surface area contributed by atoms with Crippen molar-refractivity contribution in [3.63, 3.8) is 0 Å². The summed E-state index contributed by atoms with van der Waals surface area (Å²) in [6, 6.07) is 4.24. The van der Waals surface area contributed by atoms with Crippen LogP contribution < -0.4 is 5.32 Å². The average molecular weight is 440 g/mol. The van der Waals surface area contributed by atoms with Crippen molar-refractivity contribution in [2.75, 3.05) is 33.4 Å². The van der Waals surface area contributed by atoms with Gasteiger partial charge in [0.2, 0.25) is 0 Å². The molecule has 6 nitrogen and oxygen atoms in total. The fourth-order valence-electron chi connectivity index (χ4n) is 4.13. The Labute approximate surface area is 192 Å². The predicted octanol–water partition coefficient (Wildman–Crippen LogP) is 5.23. The van der Waals surface area contributed by atoms with E-state index >= 15 is 0 Å².